The summed E-state index contributed by atoms with van der Waals surface area (Å²) in [6.45, 7) is 10.9. The normalized spacial score (nSPS) is 20.5. The summed E-state index contributed by atoms with van der Waals surface area (Å²) in [5.74, 6) is 1.26. The molecule has 20 heavy (non-hydrogen) atoms. The maximum atomic E-state index is 4.78. The molecule has 1 aliphatic rings. The van der Waals surface area contributed by atoms with E-state index in [0.717, 1.165) is 24.0 Å². The number of hydrogen-bond acceptors (Lipinski definition) is 4. The lowest BCUT2D eigenvalue weighted by atomic mass is 10.2. The molecule has 1 fully saturated rings. The van der Waals surface area contributed by atoms with Crippen LogP contribution in [0.2, 0.25) is 0 Å². The smallest absolute Gasteiger partial charge is 0.0547 e. The average Bonchev–Trinajstić information content (AvgIpc) is 2.46. The standard InChI is InChI=1S/C16H27N3S/c1-4-16-12-19(8-9-20-16)11-15-7-5-6-14(18-15)10-17-13(2)3/h5-7,13,16-17H,4,8-12H2,1-3H3. The van der Waals surface area contributed by atoms with Crippen molar-refractivity contribution >= 4 is 11.8 Å². The molecule has 1 saturated heterocycles. The highest BCUT2D eigenvalue weighted by Gasteiger charge is 2.19. The fraction of sp³-hybridized carbons (Fsp3) is 0.688. The van der Waals surface area contributed by atoms with Crippen LogP contribution in [0.4, 0.5) is 0 Å². The number of rotatable bonds is 6. The Kier molecular flexibility index (Phi) is 6.33. The molecule has 1 N–H and O–H groups in total. The summed E-state index contributed by atoms with van der Waals surface area (Å²) in [5, 5.41) is 4.23. The van der Waals surface area contributed by atoms with E-state index in [1.165, 1.54) is 31.0 Å². The minimum Gasteiger partial charge on any atom is -0.309 e. The first-order valence-electron chi connectivity index (χ1n) is 7.69. The maximum absolute atomic E-state index is 4.78. The second-order valence-electron chi connectivity index (χ2n) is 5.79. The van der Waals surface area contributed by atoms with Crippen LogP contribution in [-0.2, 0) is 13.1 Å². The van der Waals surface area contributed by atoms with Gasteiger partial charge in [-0.05, 0) is 18.6 Å². The van der Waals surface area contributed by atoms with E-state index >= 15 is 0 Å². The molecule has 4 heteroatoms. The van der Waals surface area contributed by atoms with Crippen LogP contribution < -0.4 is 5.32 Å². The summed E-state index contributed by atoms with van der Waals surface area (Å²) in [4.78, 5) is 7.33. The van der Waals surface area contributed by atoms with Gasteiger partial charge in [0, 0.05) is 43.2 Å². The number of nitrogens with zero attached hydrogens (tertiary/aromatic N) is 2. The SMILES string of the molecule is CCC1CN(Cc2cccc(CNC(C)C)n2)CCS1. The van der Waals surface area contributed by atoms with Gasteiger partial charge < -0.3 is 5.32 Å². The first-order chi connectivity index (χ1) is 9.67. The highest BCUT2D eigenvalue weighted by atomic mass is 32.2. The van der Waals surface area contributed by atoms with Gasteiger partial charge in [0.05, 0.1) is 11.4 Å². The Labute approximate surface area is 127 Å². The highest BCUT2D eigenvalue weighted by molar-refractivity contribution is 8.00. The predicted octanol–water partition coefficient (Wildman–Crippen LogP) is 2.91. The van der Waals surface area contributed by atoms with E-state index in [2.05, 4.69) is 60.9 Å². The molecular formula is C16H27N3S. The minimum atomic E-state index is 0.505. The Morgan fingerprint density at radius 2 is 2.20 bits per heavy atom. The molecule has 0 aliphatic carbocycles. The molecule has 1 aromatic rings. The van der Waals surface area contributed by atoms with E-state index in [-0.39, 0.29) is 0 Å². The molecule has 112 valence electrons. The fourth-order valence-corrected chi connectivity index (χ4v) is 3.67. The first kappa shape index (κ1) is 15.8. The van der Waals surface area contributed by atoms with E-state index in [1.54, 1.807) is 0 Å². The second-order valence-corrected chi connectivity index (χ2v) is 7.20. The van der Waals surface area contributed by atoms with E-state index in [9.17, 15) is 0 Å². The summed E-state index contributed by atoms with van der Waals surface area (Å²) < 4.78 is 0. The summed E-state index contributed by atoms with van der Waals surface area (Å²) in [7, 11) is 0. The topological polar surface area (TPSA) is 28.2 Å². The van der Waals surface area contributed by atoms with E-state index < -0.39 is 0 Å². The van der Waals surface area contributed by atoms with Gasteiger partial charge in [0.15, 0.2) is 0 Å². The van der Waals surface area contributed by atoms with Gasteiger partial charge in [0.1, 0.15) is 0 Å². The molecule has 2 heterocycles. The van der Waals surface area contributed by atoms with E-state index in [0.29, 0.717) is 6.04 Å². The molecular weight excluding hydrogens is 266 g/mol. The van der Waals surface area contributed by atoms with Gasteiger partial charge in [-0.2, -0.15) is 11.8 Å². The third-order valence-electron chi connectivity index (χ3n) is 3.62. The minimum absolute atomic E-state index is 0.505. The van der Waals surface area contributed by atoms with Crippen LogP contribution in [0.25, 0.3) is 0 Å². The second kappa shape index (κ2) is 8.01. The van der Waals surface area contributed by atoms with Crippen LogP contribution in [0.15, 0.2) is 18.2 Å². The van der Waals surface area contributed by atoms with Gasteiger partial charge in [0.25, 0.3) is 0 Å². The van der Waals surface area contributed by atoms with Crippen molar-refractivity contribution in [3.63, 3.8) is 0 Å². The van der Waals surface area contributed by atoms with Crippen molar-refractivity contribution in [3.8, 4) is 0 Å². The number of pyridine rings is 1. The van der Waals surface area contributed by atoms with E-state index in [4.69, 9.17) is 4.98 Å². The molecule has 3 nitrogen and oxygen atoms in total. The molecule has 1 aromatic heterocycles. The van der Waals surface area contributed by atoms with Gasteiger partial charge in [-0.3, -0.25) is 9.88 Å². The highest BCUT2D eigenvalue weighted by Crippen LogP contribution is 2.22. The Balaban J connectivity index is 1.90. The third-order valence-corrected chi connectivity index (χ3v) is 4.99. The van der Waals surface area contributed by atoms with Gasteiger partial charge >= 0.3 is 0 Å². The number of nitrogens with one attached hydrogen (secondary N) is 1. The van der Waals surface area contributed by atoms with Gasteiger partial charge in [-0.15, -0.1) is 0 Å². The third kappa shape index (κ3) is 5.08. The predicted molar refractivity (Wildman–Crippen MR) is 88.0 cm³/mol. The van der Waals surface area contributed by atoms with Crippen LogP contribution in [-0.4, -0.2) is 40.0 Å². The van der Waals surface area contributed by atoms with Crippen molar-refractivity contribution in [2.24, 2.45) is 0 Å². The van der Waals surface area contributed by atoms with Gasteiger partial charge in [0.2, 0.25) is 0 Å². The fourth-order valence-electron chi connectivity index (χ4n) is 2.42. The molecule has 0 saturated carbocycles. The van der Waals surface area contributed by atoms with Crippen LogP contribution >= 0.6 is 11.8 Å². The Morgan fingerprint density at radius 3 is 2.95 bits per heavy atom. The largest absolute Gasteiger partial charge is 0.309 e. The zero-order valence-corrected chi connectivity index (χ0v) is 13.7. The summed E-state index contributed by atoms with van der Waals surface area (Å²) in [6, 6.07) is 6.90. The van der Waals surface area contributed by atoms with Gasteiger partial charge in [-0.1, -0.05) is 26.8 Å². The first-order valence-corrected chi connectivity index (χ1v) is 8.74. The molecule has 0 spiro atoms. The number of hydrogen-bond donors (Lipinski definition) is 1. The molecule has 2 rings (SSSR count). The zero-order valence-electron chi connectivity index (χ0n) is 12.9. The van der Waals surface area contributed by atoms with Gasteiger partial charge in [-0.25, -0.2) is 0 Å². The lowest BCUT2D eigenvalue weighted by molar-refractivity contribution is 0.270. The Morgan fingerprint density at radius 1 is 1.40 bits per heavy atom. The monoisotopic (exact) mass is 293 g/mol. The van der Waals surface area contributed by atoms with Crippen LogP contribution in [0.5, 0.6) is 0 Å². The molecule has 0 aromatic carbocycles. The number of thioether (sulfide) groups is 1. The van der Waals surface area contributed by atoms with Crippen molar-refractivity contribution in [1.29, 1.82) is 0 Å². The summed E-state index contributed by atoms with van der Waals surface area (Å²) in [6.07, 6.45) is 1.27. The molecule has 0 amide bonds. The summed E-state index contributed by atoms with van der Waals surface area (Å²) in [5.41, 5.74) is 2.35. The van der Waals surface area contributed by atoms with Crippen LogP contribution in [0.1, 0.15) is 38.6 Å². The van der Waals surface area contributed by atoms with E-state index in [1.807, 2.05) is 0 Å². The average molecular weight is 293 g/mol. The molecule has 1 atom stereocenters. The lowest BCUT2D eigenvalue weighted by Gasteiger charge is -2.31. The van der Waals surface area contributed by atoms with Crippen molar-refractivity contribution in [2.45, 2.75) is 51.6 Å². The molecule has 1 aliphatic heterocycles. The van der Waals surface area contributed by atoms with Crippen LogP contribution in [0.3, 0.4) is 0 Å². The summed E-state index contributed by atoms with van der Waals surface area (Å²) >= 11 is 2.12. The molecule has 1 unspecified atom stereocenters. The quantitative estimate of drug-likeness (QED) is 0.873. The number of aromatic nitrogens is 1. The van der Waals surface area contributed by atoms with Crippen molar-refractivity contribution in [2.75, 3.05) is 18.8 Å². The maximum Gasteiger partial charge on any atom is 0.0547 e. The lowest BCUT2D eigenvalue weighted by Crippen LogP contribution is -2.37. The van der Waals surface area contributed by atoms with Crippen LogP contribution in [0, 0.1) is 0 Å². The van der Waals surface area contributed by atoms with Crippen molar-refractivity contribution in [3.05, 3.63) is 29.6 Å². The Bertz CT molecular complexity index is 408. The van der Waals surface area contributed by atoms with Crippen molar-refractivity contribution in [1.82, 2.24) is 15.2 Å². The Hall–Kier alpha value is -0.580. The van der Waals surface area contributed by atoms with Crippen molar-refractivity contribution < 1.29 is 0 Å². The molecule has 0 bridgehead atoms. The molecule has 0 radical (unpaired) electrons. The zero-order chi connectivity index (χ0) is 14.4.